The fourth-order valence-corrected chi connectivity index (χ4v) is 5.57. The van der Waals surface area contributed by atoms with E-state index in [1.807, 2.05) is 18.2 Å². The van der Waals surface area contributed by atoms with Crippen molar-refractivity contribution in [1.29, 1.82) is 0 Å². The van der Waals surface area contributed by atoms with Crippen molar-refractivity contribution in [3.8, 4) is 11.1 Å². The van der Waals surface area contributed by atoms with E-state index < -0.39 is 8.07 Å². The molecule has 0 saturated carbocycles. The number of benzene rings is 1. The maximum Gasteiger partial charge on any atom is 0.217 e. The molecule has 35 heavy (non-hydrogen) atoms. The lowest BCUT2D eigenvalue weighted by molar-refractivity contribution is -0.120. The Morgan fingerprint density at radius 2 is 1.97 bits per heavy atom. The average molecular weight is 514 g/mol. The summed E-state index contributed by atoms with van der Waals surface area (Å²) in [5, 5.41) is 4.82. The van der Waals surface area contributed by atoms with E-state index in [4.69, 9.17) is 21.3 Å². The number of piperidine rings is 1. The normalized spacial score (nSPS) is 16.0. The van der Waals surface area contributed by atoms with E-state index in [0.717, 1.165) is 66.6 Å². The van der Waals surface area contributed by atoms with Crippen molar-refractivity contribution < 1.29 is 9.53 Å². The molecular weight excluding hydrogens is 478 g/mol. The predicted octanol–water partition coefficient (Wildman–Crippen LogP) is 5.56. The number of carbonyl (C=O) groups is 1. The Morgan fingerprint density at radius 1 is 1.23 bits per heavy atom. The molecule has 7 nitrogen and oxygen atoms in total. The molecule has 2 aromatic heterocycles. The first-order valence-corrected chi connectivity index (χ1v) is 16.3. The maximum atomic E-state index is 11.7. The molecule has 0 bridgehead atoms. The molecule has 0 spiro atoms. The van der Waals surface area contributed by atoms with Gasteiger partial charge in [-0.3, -0.25) is 4.79 Å². The number of hydrogen-bond acceptors (Lipinski definition) is 5. The number of nitrogens with one attached hydrogen (secondary N) is 1. The highest BCUT2D eigenvalue weighted by Gasteiger charge is 2.32. The first kappa shape index (κ1) is 25.7. The Kier molecular flexibility index (Phi) is 7.54. The summed E-state index contributed by atoms with van der Waals surface area (Å²) in [5.74, 6) is 0.926. The van der Waals surface area contributed by atoms with Crippen molar-refractivity contribution in [2.24, 2.45) is 0 Å². The Morgan fingerprint density at radius 3 is 2.63 bits per heavy atom. The summed E-state index contributed by atoms with van der Waals surface area (Å²) in [7, 11) is -1.16. The Balaban J connectivity index is 1.68. The van der Waals surface area contributed by atoms with Gasteiger partial charge in [0.2, 0.25) is 5.91 Å². The van der Waals surface area contributed by atoms with E-state index in [1.165, 1.54) is 0 Å². The predicted molar refractivity (Wildman–Crippen MR) is 146 cm³/mol. The molecule has 0 aliphatic carbocycles. The molecule has 1 N–H and O–H groups in total. The third-order valence-electron chi connectivity index (χ3n) is 6.64. The zero-order valence-corrected chi connectivity index (χ0v) is 23.2. The van der Waals surface area contributed by atoms with Gasteiger partial charge in [-0.25, -0.2) is 9.97 Å². The lowest BCUT2D eigenvalue weighted by Gasteiger charge is -2.40. The van der Waals surface area contributed by atoms with Crippen LogP contribution in [-0.2, 0) is 16.3 Å². The summed E-state index contributed by atoms with van der Waals surface area (Å²) in [4.78, 5) is 23.4. The SMILES string of the molecule is CC(=O)NC1(C)CCN(c2ncnc3c2c(-c2cccc(Cl)c2)cn3COCC[Si](C)(C)C)CC1. The largest absolute Gasteiger partial charge is 0.361 e. The summed E-state index contributed by atoms with van der Waals surface area (Å²) in [5.41, 5.74) is 2.73. The number of hydrogen-bond donors (Lipinski definition) is 1. The van der Waals surface area contributed by atoms with Crippen molar-refractivity contribution in [3.63, 3.8) is 0 Å². The second-order valence-corrected chi connectivity index (χ2v) is 17.1. The number of carbonyl (C=O) groups excluding carboxylic acids is 1. The number of aromatic nitrogens is 3. The van der Waals surface area contributed by atoms with Crippen LogP contribution in [0, 0.1) is 0 Å². The van der Waals surface area contributed by atoms with Gasteiger partial charge in [-0.2, -0.15) is 0 Å². The summed E-state index contributed by atoms with van der Waals surface area (Å²) in [6.07, 6.45) is 5.45. The van der Waals surface area contributed by atoms with Gasteiger partial charge in [-0.1, -0.05) is 43.4 Å². The smallest absolute Gasteiger partial charge is 0.217 e. The van der Waals surface area contributed by atoms with E-state index in [9.17, 15) is 4.79 Å². The highest BCUT2D eigenvalue weighted by Crippen LogP contribution is 2.37. The molecule has 1 saturated heterocycles. The maximum absolute atomic E-state index is 11.7. The van der Waals surface area contributed by atoms with Gasteiger partial charge in [0.1, 0.15) is 24.5 Å². The molecule has 1 aliphatic heterocycles. The second kappa shape index (κ2) is 10.3. The van der Waals surface area contributed by atoms with Crippen LogP contribution < -0.4 is 10.2 Å². The monoisotopic (exact) mass is 513 g/mol. The summed E-state index contributed by atoms with van der Waals surface area (Å²) in [6.45, 7) is 13.6. The average Bonchev–Trinajstić information content (AvgIpc) is 3.15. The number of nitrogens with zero attached hydrogens (tertiary/aromatic N) is 4. The Bertz CT molecular complexity index is 1200. The van der Waals surface area contributed by atoms with Crippen molar-refractivity contribution >= 4 is 42.4 Å². The Hall–Kier alpha value is -2.42. The molecule has 1 aromatic carbocycles. The standard InChI is InChI=1S/C26H36ClN5O2Si/c1-19(33)30-26(2)9-11-31(12-10-26)24-23-22(20-7-6-8-21(27)15-20)16-32(25(23)29-17-28-24)18-34-13-14-35(3,4)5/h6-8,15-17H,9-14,18H2,1-5H3,(H,30,33). The van der Waals surface area contributed by atoms with E-state index in [0.29, 0.717) is 11.8 Å². The molecule has 0 radical (unpaired) electrons. The van der Waals surface area contributed by atoms with Gasteiger partial charge >= 0.3 is 0 Å². The van der Waals surface area contributed by atoms with Gasteiger partial charge in [0.15, 0.2) is 0 Å². The third kappa shape index (κ3) is 6.23. The van der Waals surface area contributed by atoms with Crippen LogP contribution in [0.4, 0.5) is 5.82 Å². The summed E-state index contributed by atoms with van der Waals surface area (Å²) >= 11 is 6.36. The third-order valence-corrected chi connectivity index (χ3v) is 8.58. The van der Waals surface area contributed by atoms with Crippen molar-refractivity contribution in [2.75, 3.05) is 24.6 Å². The lowest BCUT2D eigenvalue weighted by Crippen LogP contribution is -2.53. The minimum atomic E-state index is -1.16. The summed E-state index contributed by atoms with van der Waals surface area (Å²) in [6, 6.07) is 9.02. The number of fused-ring (bicyclic) bond motifs is 1. The molecule has 1 amide bonds. The first-order valence-electron chi connectivity index (χ1n) is 12.3. The van der Waals surface area contributed by atoms with Gasteiger partial charge in [0.25, 0.3) is 0 Å². The number of anilines is 1. The molecule has 1 fully saturated rings. The molecule has 0 unspecified atom stereocenters. The van der Waals surface area contributed by atoms with Crippen LogP contribution >= 0.6 is 11.6 Å². The van der Waals surface area contributed by atoms with Crippen LogP contribution in [0.1, 0.15) is 26.7 Å². The fourth-order valence-electron chi connectivity index (χ4n) is 4.62. The molecule has 0 atom stereocenters. The van der Waals surface area contributed by atoms with Crippen LogP contribution in [0.15, 0.2) is 36.8 Å². The fraction of sp³-hybridized carbons (Fsp3) is 0.500. The number of rotatable bonds is 8. The Labute approximate surface area is 213 Å². The molecule has 3 aromatic rings. The zero-order chi connectivity index (χ0) is 25.2. The van der Waals surface area contributed by atoms with Gasteiger partial charge in [0.05, 0.1) is 5.39 Å². The minimum Gasteiger partial charge on any atom is -0.361 e. The molecule has 1 aliphatic rings. The highest BCUT2D eigenvalue weighted by atomic mass is 35.5. The number of ether oxygens (including phenoxy) is 1. The molecule has 3 heterocycles. The molecular formula is C26H36ClN5O2Si. The number of amides is 1. The van der Waals surface area contributed by atoms with Crippen LogP contribution in [0.2, 0.25) is 30.7 Å². The van der Waals surface area contributed by atoms with Crippen LogP contribution in [0.25, 0.3) is 22.2 Å². The topological polar surface area (TPSA) is 72.3 Å². The van der Waals surface area contributed by atoms with E-state index >= 15 is 0 Å². The quantitative estimate of drug-likeness (QED) is 0.315. The zero-order valence-electron chi connectivity index (χ0n) is 21.4. The van der Waals surface area contributed by atoms with E-state index in [-0.39, 0.29) is 11.4 Å². The van der Waals surface area contributed by atoms with Gasteiger partial charge in [-0.15, -0.1) is 0 Å². The minimum absolute atomic E-state index is 0.0137. The van der Waals surface area contributed by atoms with Crippen molar-refractivity contribution in [1.82, 2.24) is 19.9 Å². The van der Waals surface area contributed by atoms with E-state index in [2.05, 4.69) is 58.6 Å². The number of halogens is 1. The summed E-state index contributed by atoms with van der Waals surface area (Å²) < 4.78 is 8.16. The molecule has 9 heteroatoms. The van der Waals surface area contributed by atoms with E-state index in [1.54, 1.807) is 13.3 Å². The highest BCUT2D eigenvalue weighted by molar-refractivity contribution is 6.76. The van der Waals surface area contributed by atoms with Crippen molar-refractivity contribution in [3.05, 3.63) is 41.8 Å². The van der Waals surface area contributed by atoms with Crippen LogP contribution in [-0.4, -0.2) is 53.8 Å². The molecule has 4 rings (SSSR count). The van der Waals surface area contributed by atoms with Gasteiger partial charge in [0, 0.05) is 57.0 Å². The van der Waals surface area contributed by atoms with Gasteiger partial charge < -0.3 is 19.5 Å². The van der Waals surface area contributed by atoms with Crippen molar-refractivity contribution in [2.45, 2.75) is 64.6 Å². The molecule has 188 valence electrons. The second-order valence-electron chi connectivity index (χ2n) is 11.0. The first-order chi connectivity index (χ1) is 16.5. The van der Waals surface area contributed by atoms with Gasteiger partial charge in [-0.05, 0) is 43.5 Å². The van der Waals surface area contributed by atoms with Crippen LogP contribution in [0.5, 0.6) is 0 Å². The lowest BCUT2D eigenvalue weighted by atomic mass is 9.89. The van der Waals surface area contributed by atoms with Crippen LogP contribution in [0.3, 0.4) is 0 Å².